The van der Waals surface area contributed by atoms with Crippen molar-refractivity contribution in [3.8, 4) is 12.1 Å². The van der Waals surface area contributed by atoms with Crippen LogP contribution < -0.4 is 11.1 Å². The van der Waals surface area contributed by atoms with Gasteiger partial charge in [0, 0.05) is 5.69 Å². The van der Waals surface area contributed by atoms with Gasteiger partial charge in [-0.1, -0.05) is 29.5 Å². The Hall–Kier alpha value is -3.03. The Morgan fingerprint density at radius 2 is 1.92 bits per heavy atom. The number of nitrogen functional groups attached to an aromatic ring is 1. The molecule has 0 fully saturated rings. The lowest BCUT2D eigenvalue weighted by Gasteiger charge is -2.14. The van der Waals surface area contributed by atoms with E-state index in [2.05, 4.69) is 10.3 Å². The highest BCUT2D eigenvalue weighted by atomic mass is 32.2. The monoisotopic (exact) mass is 351 g/mol. The van der Waals surface area contributed by atoms with Gasteiger partial charge in [0.2, 0.25) is 5.91 Å². The average Bonchev–Trinajstić information content (AvgIpc) is 2.57. The first-order valence-electron chi connectivity index (χ1n) is 7.51. The second-order valence-corrected chi connectivity index (χ2v) is 6.89. The molecule has 1 heterocycles. The fourth-order valence-electron chi connectivity index (χ4n) is 2.18. The van der Waals surface area contributed by atoms with Gasteiger partial charge in [0.1, 0.15) is 23.0 Å². The molecule has 7 heteroatoms. The summed E-state index contributed by atoms with van der Waals surface area (Å²) in [5.74, 6) is -0.156. The van der Waals surface area contributed by atoms with E-state index in [0.29, 0.717) is 5.03 Å². The van der Waals surface area contributed by atoms with E-state index in [1.165, 1.54) is 6.07 Å². The van der Waals surface area contributed by atoms with E-state index >= 15 is 0 Å². The van der Waals surface area contributed by atoms with Crippen molar-refractivity contribution in [1.29, 1.82) is 10.5 Å². The fraction of sp³-hybridized carbons (Fsp3) is 0.222. The van der Waals surface area contributed by atoms with Crippen LogP contribution in [0.2, 0.25) is 0 Å². The number of nitriles is 2. The molecule has 1 aromatic carbocycles. The largest absolute Gasteiger partial charge is 0.383 e. The summed E-state index contributed by atoms with van der Waals surface area (Å²) in [4.78, 5) is 16.5. The molecule has 0 aliphatic heterocycles. The topological polar surface area (TPSA) is 116 Å². The van der Waals surface area contributed by atoms with Gasteiger partial charge in [-0.05, 0) is 38.5 Å². The van der Waals surface area contributed by atoms with Crippen molar-refractivity contribution >= 4 is 29.2 Å². The number of carbonyl (C=O) groups excluding carboxylic acids is 1. The number of hydrogen-bond donors (Lipinski definition) is 2. The van der Waals surface area contributed by atoms with Crippen molar-refractivity contribution in [1.82, 2.24) is 4.98 Å². The maximum Gasteiger partial charge on any atom is 0.237 e. The minimum atomic E-state index is -0.493. The Kier molecular flexibility index (Phi) is 5.63. The van der Waals surface area contributed by atoms with E-state index < -0.39 is 5.25 Å². The molecule has 0 saturated carbocycles. The van der Waals surface area contributed by atoms with Gasteiger partial charge in [-0.15, -0.1) is 0 Å². The standard InChI is InChI=1S/C18H17N5OS/c1-10-4-5-15(11(2)6-10)22-17(24)12(3)25-18-14(9-20)7-13(8-19)16(21)23-18/h4-7,12H,1-3H3,(H2,21,23)(H,22,24)/t12-/m0/s1. The molecule has 1 aromatic heterocycles. The molecule has 0 unspecified atom stereocenters. The molecule has 0 saturated heterocycles. The number of aryl methyl sites for hydroxylation is 2. The summed E-state index contributed by atoms with van der Waals surface area (Å²) in [6.07, 6.45) is 0. The molecule has 3 N–H and O–H groups in total. The van der Waals surface area contributed by atoms with E-state index in [-0.39, 0.29) is 22.9 Å². The predicted octanol–water partition coefficient (Wildman–Crippen LogP) is 3.14. The van der Waals surface area contributed by atoms with E-state index in [9.17, 15) is 10.1 Å². The van der Waals surface area contributed by atoms with Crippen LogP contribution in [0.4, 0.5) is 11.5 Å². The number of hydrogen-bond acceptors (Lipinski definition) is 6. The smallest absolute Gasteiger partial charge is 0.237 e. The lowest BCUT2D eigenvalue weighted by Crippen LogP contribution is -2.23. The number of pyridine rings is 1. The number of anilines is 2. The summed E-state index contributed by atoms with van der Waals surface area (Å²) >= 11 is 1.13. The van der Waals surface area contributed by atoms with Crippen LogP contribution in [0.3, 0.4) is 0 Å². The summed E-state index contributed by atoms with van der Waals surface area (Å²) in [6.45, 7) is 5.64. The zero-order valence-electron chi connectivity index (χ0n) is 14.1. The van der Waals surface area contributed by atoms with Crippen LogP contribution in [0.25, 0.3) is 0 Å². The molecule has 25 heavy (non-hydrogen) atoms. The highest BCUT2D eigenvalue weighted by molar-refractivity contribution is 8.00. The normalized spacial score (nSPS) is 11.2. The predicted molar refractivity (Wildman–Crippen MR) is 97.9 cm³/mol. The summed E-state index contributed by atoms with van der Waals surface area (Å²) in [6, 6.07) is 11.0. The van der Waals surface area contributed by atoms with Crippen molar-refractivity contribution in [3.05, 3.63) is 46.5 Å². The van der Waals surface area contributed by atoms with Crippen molar-refractivity contribution in [2.75, 3.05) is 11.1 Å². The average molecular weight is 351 g/mol. The Labute approximate surface area is 150 Å². The maximum atomic E-state index is 12.4. The number of carbonyl (C=O) groups is 1. The van der Waals surface area contributed by atoms with Crippen LogP contribution >= 0.6 is 11.8 Å². The van der Waals surface area contributed by atoms with Crippen molar-refractivity contribution in [2.45, 2.75) is 31.0 Å². The summed E-state index contributed by atoms with van der Waals surface area (Å²) in [5, 5.41) is 20.9. The van der Waals surface area contributed by atoms with Gasteiger partial charge in [0.25, 0.3) is 0 Å². The molecule has 0 radical (unpaired) electrons. The van der Waals surface area contributed by atoms with Gasteiger partial charge in [0.15, 0.2) is 0 Å². The molecule has 0 spiro atoms. The lowest BCUT2D eigenvalue weighted by molar-refractivity contribution is -0.115. The number of rotatable bonds is 4. The van der Waals surface area contributed by atoms with Crippen molar-refractivity contribution in [2.24, 2.45) is 0 Å². The Morgan fingerprint density at radius 3 is 2.52 bits per heavy atom. The second-order valence-electron chi connectivity index (χ2n) is 5.57. The number of nitrogens with one attached hydrogen (secondary N) is 1. The van der Waals surface area contributed by atoms with Crippen LogP contribution in [0.1, 0.15) is 29.2 Å². The summed E-state index contributed by atoms with van der Waals surface area (Å²) in [5.41, 5.74) is 8.92. The molecule has 1 atom stereocenters. The number of aromatic nitrogens is 1. The van der Waals surface area contributed by atoms with E-state index in [0.717, 1.165) is 28.6 Å². The third-order valence-corrected chi connectivity index (χ3v) is 4.66. The first-order valence-corrected chi connectivity index (χ1v) is 8.39. The number of nitrogens with zero attached hydrogens (tertiary/aromatic N) is 3. The molecular weight excluding hydrogens is 334 g/mol. The van der Waals surface area contributed by atoms with Crippen LogP contribution in [0.15, 0.2) is 29.3 Å². The minimum Gasteiger partial charge on any atom is -0.383 e. The first-order chi connectivity index (χ1) is 11.8. The molecular formula is C18H17N5OS. The molecule has 126 valence electrons. The van der Waals surface area contributed by atoms with Gasteiger partial charge in [-0.3, -0.25) is 4.79 Å². The minimum absolute atomic E-state index is 0.0472. The van der Waals surface area contributed by atoms with Crippen LogP contribution in [-0.2, 0) is 4.79 Å². The van der Waals surface area contributed by atoms with Crippen LogP contribution in [0, 0.1) is 36.5 Å². The fourth-order valence-corrected chi connectivity index (χ4v) is 3.06. The molecule has 1 amide bonds. The quantitative estimate of drug-likeness (QED) is 0.818. The zero-order valence-corrected chi connectivity index (χ0v) is 14.9. The number of amides is 1. The number of nitrogens with two attached hydrogens (primary N) is 1. The molecule has 2 aromatic rings. The van der Waals surface area contributed by atoms with Crippen LogP contribution in [-0.4, -0.2) is 16.1 Å². The second kappa shape index (κ2) is 7.69. The highest BCUT2D eigenvalue weighted by Crippen LogP contribution is 2.28. The lowest BCUT2D eigenvalue weighted by atomic mass is 10.1. The van der Waals surface area contributed by atoms with Gasteiger partial charge in [-0.2, -0.15) is 10.5 Å². The molecule has 0 aliphatic rings. The first kappa shape index (κ1) is 18.3. The van der Waals surface area contributed by atoms with Gasteiger partial charge in [-0.25, -0.2) is 4.98 Å². The van der Waals surface area contributed by atoms with Crippen LogP contribution in [0.5, 0.6) is 0 Å². The van der Waals surface area contributed by atoms with E-state index in [4.69, 9.17) is 11.0 Å². The SMILES string of the molecule is Cc1ccc(NC(=O)[C@H](C)Sc2nc(N)c(C#N)cc2C#N)c(C)c1. The van der Waals surface area contributed by atoms with Gasteiger partial charge < -0.3 is 11.1 Å². The zero-order chi connectivity index (χ0) is 18.6. The third kappa shape index (κ3) is 4.28. The number of thioether (sulfide) groups is 1. The summed E-state index contributed by atoms with van der Waals surface area (Å²) < 4.78 is 0. The molecule has 0 aliphatic carbocycles. The molecule has 0 bridgehead atoms. The molecule has 6 nitrogen and oxygen atoms in total. The van der Waals surface area contributed by atoms with Gasteiger partial charge >= 0.3 is 0 Å². The summed E-state index contributed by atoms with van der Waals surface area (Å²) in [7, 11) is 0. The Bertz CT molecular complexity index is 911. The van der Waals surface area contributed by atoms with Crippen molar-refractivity contribution < 1.29 is 4.79 Å². The third-order valence-electron chi connectivity index (χ3n) is 3.56. The Morgan fingerprint density at radius 1 is 1.24 bits per heavy atom. The maximum absolute atomic E-state index is 12.4. The van der Waals surface area contributed by atoms with Crippen molar-refractivity contribution in [3.63, 3.8) is 0 Å². The number of benzene rings is 1. The van der Waals surface area contributed by atoms with Gasteiger partial charge in [0.05, 0.1) is 16.4 Å². The molecule has 2 rings (SSSR count). The van der Waals surface area contributed by atoms with E-state index in [1.54, 1.807) is 6.92 Å². The highest BCUT2D eigenvalue weighted by Gasteiger charge is 2.19. The van der Waals surface area contributed by atoms with E-state index in [1.807, 2.05) is 44.2 Å². The Balaban J connectivity index is 2.18.